The third-order valence-electron chi connectivity index (χ3n) is 2.40. The number of carbonyl (C=O) groups is 1. The summed E-state index contributed by atoms with van der Waals surface area (Å²) < 4.78 is 50.8. The van der Waals surface area contributed by atoms with E-state index < -0.39 is 23.5 Å². The van der Waals surface area contributed by atoms with E-state index >= 15 is 0 Å². The Hall–Kier alpha value is -2.18. The molecule has 1 heterocycles. The van der Waals surface area contributed by atoms with E-state index in [-0.39, 0.29) is 12.1 Å². The smallest absolute Gasteiger partial charge is 0.329 e. The van der Waals surface area contributed by atoms with Gasteiger partial charge in [0.2, 0.25) is 0 Å². The summed E-state index contributed by atoms with van der Waals surface area (Å²) in [6, 6.07) is 4.96. The SMILES string of the molecule is O=C(Cn1cnc(C(F)(F)F)c1)c1cccc(F)c1. The van der Waals surface area contributed by atoms with Gasteiger partial charge in [-0.25, -0.2) is 9.37 Å². The second-order valence-electron chi connectivity index (χ2n) is 3.86. The van der Waals surface area contributed by atoms with Gasteiger partial charge in [0.05, 0.1) is 12.9 Å². The highest BCUT2D eigenvalue weighted by molar-refractivity contribution is 5.95. The van der Waals surface area contributed by atoms with E-state index in [9.17, 15) is 22.4 Å². The zero-order valence-corrected chi connectivity index (χ0v) is 9.49. The van der Waals surface area contributed by atoms with Crippen LogP contribution in [-0.4, -0.2) is 15.3 Å². The van der Waals surface area contributed by atoms with Gasteiger partial charge < -0.3 is 4.57 Å². The van der Waals surface area contributed by atoms with Crippen LogP contribution in [0.3, 0.4) is 0 Å². The number of ketones is 1. The number of nitrogens with zero attached hydrogens (tertiary/aromatic N) is 2. The lowest BCUT2D eigenvalue weighted by Gasteiger charge is -2.03. The lowest BCUT2D eigenvalue weighted by atomic mass is 10.1. The first kappa shape index (κ1) is 13.3. The quantitative estimate of drug-likeness (QED) is 0.636. The van der Waals surface area contributed by atoms with Crippen molar-refractivity contribution in [1.29, 1.82) is 0 Å². The van der Waals surface area contributed by atoms with Crippen LogP contribution >= 0.6 is 0 Å². The molecular formula is C12H8F4N2O. The molecule has 0 amide bonds. The molecule has 0 spiro atoms. The van der Waals surface area contributed by atoms with Crippen LogP contribution in [0, 0.1) is 5.82 Å². The molecule has 100 valence electrons. The number of hydrogen-bond acceptors (Lipinski definition) is 2. The molecule has 0 radical (unpaired) electrons. The number of imidazole rings is 1. The lowest BCUT2D eigenvalue weighted by molar-refractivity contribution is -0.140. The van der Waals surface area contributed by atoms with Crippen LogP contribution in [0.5, 0.6) is 0 Å². The van der Waals surface area contributed by atoms with Crippen molar-refractivity contribution in [2.75, 3.05) is 0 Å². The number of rotatable bonds is 3. The molecule has 0 unspecified atom stereocenters. The van der Waals surface area contributed by atoms with Crippen molar-refractivity contribution >= 4 is 5.78 Å². The maximum Gasteiger partial charge on any atom is 0.434 e. The number of Topliss-reactive ketones (excluding diaryl/α,β-unsaturated/α-hetero) is 1. The van der Waals surface area contributed by atoms with Crippen molar-refractivity contribution in [3.8, 4) is 0 Å². The number of carbonyl (C=O) groups excluding carboxylic acids is 1. The van der Waals surface area contributed by atoms with Gasteiger partial charge >= 0.3 is 6.18 Å². The Morgan fingerprint density at radius 2 is 2.05 bits per heavy atom. The topological polar surface area (TPSA) is 34.9 Å². The van der Waals surface area contributed by atoms with Crippen molar-refractivity contribution in [2.45, 2.75) is 12.7 Å². The fourth-order valence-corrected chi connectivity index (χ4v) is 1.51. The van der Waals surface area contributed by atoms with Crippen LogP contribution in [0.15, 0.2) is 36.8 Å². The second kappa shape index (κ2) is 4.83. The van der Waals surface area contributed by atoms with E-state index in [1.165, 1.54) is 18.2 Å². The van der Waals surface area contributed by atoms with E-state index in [0.717, 1.165) is 23.2 Å². The second-order valence-corrected chi connectivity index (χ2v) is 3.86. The molecule has 0 N–H and O–H groups in total. The molecule has 0 bridgehead atoms. The molecule has 0 aliphatic heterocycles. The van der Waals surface area contributed by atoms with Crippen LogP contribution < -0.4 is 0 Å². The van der Waals surface area contributed by atoms with Gasteiger partial charge in [-0.2, -0.15) is 13.2 Å². The maximum absolute atomic E-state index is 12.9. The summed E-state index contributed by atoms with van der Waals surface area (Å²) in [5.74, 6) is -1.07. The highest BCUT2D eigenvalue weighted by Crippen LogP contribution is 2.27. The molecule has 2 aromatic rings. The van der Waals surface area contributed by atoms with E-state index in [1.807, 2.05) is 0 Å². The monoisotopic (exact) mass is 272 g/mol. The van der Waals surface area contributed by atoms with Crippen LogP contribution in [0.25, 0.3) is 0 Å². The van der Waals surface area contributed by atoms with Gasteiger partial charge in [0.15, 0.2) is 11.5 Å². The Morgan fingerprint density at radius 3 is 2.63 bits per heavy atom. The minimum Gasteiger partial charge on any atom is -0.329 e. The Morgan fingerprint density at radius 1 is 1.32 bits per heavy atom. The molecule has 0 saturated carbocycles. The summed E-state index contributed by atoms with van der Waals surface area (Å²) in [5.41, 5.74) is -0.971. The molecule has 19 heavy (non-hydrogen) atoms. The van der Waals surface area contributed by atoms with Crippen LogP contribution in [-0.2, 0) is 12.7 Å². The van der Waals surface area contributed by atoms with Gasteiger partial charge in [-0.3, -0.25) is 4.79 Å². The maximum atomic E-state index is 12.9. The minimum absolute atomic E-state index is 0.0993. The normalized spacial score (nSPS) is 11.6. The molecule has 0 saturated heterocycles. The van der Waals surface area contributed by atoms with Crippen molar-refractivity contribution in [3.63, 3.8) is 0 Å². The molecule has 7 heteroatoms. The first-order valence-electron chi connectivity index (χ1n) is 5.24. The number of benzene rings is 1. The summed E-state index contributed by atoms with van der Waals surface area (Å²) in [6.07, 6.45) is -2.90. The van der Waals surface area contributed by atoms with E-state index in [4.69, 9.17) is 0 Å². The number of halogens is 4. The van der Waals surface area contributed by atoms with Crippen LogP contribution in [0.4, 0.5) is 17.6 Å². The molecule has 2 rings (SSSR count). The third kappa shape index (κ3) is 3.18. The predicted octanol–water partition coefficient (Wildman–Crippen LogP) is 2.92. The highest BCUT2D eigenvalue weighted by Gasteiger charge is 2.33. The molecule has 0 aliphatic carbocycles. The standard InChI is InChI=1S/C12H8F4N2O/c13-9-3-1-2-8(4-9)10(19)5-18-6-11(17-7-18)12(14,15)16/h1-4,6-7H,5H2. The Labute approximate surface area is 105 Å². The fraction of sp³-hybridized carbons (Fsp3) is 0.167. The lowest BCUT2D eigenvalue weighted by Crippen LogP contribution is -2.10. The van der Waals surface area contributed by atoms with Crippen LogP contribution in [0.1, 0.15) is 16.1 Å². The average Bonchev–Trinajstić information content (AvgIpc) is 2.77. The first-order valence-corrected chi connectivity index (χ1v) is 5.24. The molecule has 0 aliphatic rings. The van der Waals surface area contributed by atoms with Gasteiger partial charge in [0, 0.05) is 11.8 Å². The molecule has 3 nitrogen and oxygen atoms in total. The Kier molecular flexibility index (Phi) is 3.37. The van der Waals surface area contributed by atoms with Gasteiger partial charge in [0.25, 0.3) is 0 Å². The zero-order chi connectivity index (χ0) is 14.0. The third-order valence-corrected chi connectivity index (χ3v) is 2.40. The fourth-order valence-electron chi connectivity index (χ4n) is 1.51. The van der Waals surface area contributed by atoms with E-state index in [1.54, 1.807) is 0 Å². The Balaban J connectivity index is 2.13. The van der Waals surface area contributed by atoms with Crippen molar-refractivity contribution in [3.05, 3.63) is 53.9 Å². The van der Waals surface area contributed by atoms with Gasteiger partial charge in [-0.05, 0) is 12.1 Å². The Bertz CT molecular complexity index is 604. The molecule has 0 atom stereocenters. The molecule has 0 fully saturated rings. The molecule has 1 aromatic carbocycles. The van der Waals surface area contributed by atoms with Gasteiger partial charge in [0.1, 0.15) is 5.82 Å². The number of aromatic nitrogens is 2. The summed E-state index contributed by atoms with van der Waals surface area (Å²) in [7, 11) is 0. The summed E-state index contributed by atoms with van der Waals surface area (Å²) in [4.78, 5) is 14.9. The first-order chi connectivity index (χ1) is 8.86. The van der Waals surface area contributed by atoms with Gasteiger partial charge in [-0.15, -0.1) is 0 Å². The summed E-state index contributed by atoms with van der Waals surface area (Å²) in [6.45, 7) is -0.327. The zero-order valence-electron chi connectivity index (χ0n) is 9.49. The van der Waals surface area contributed by atoms with Crippen molar-refractivity contribution in [1.82, 2.24) is 9.55 Å². The highest BCUT2D eigenvalue weighted by atomic mass is 19.4. The molecule has 1 aromatic heterocycles. The van der Waals surface area contributed by atoms with Gasteiger partial charge in [-0.1, -0.05) is 12.1 Å². The summed E-state index contributed by atoms with van der Waals surface area (Å²) >= 11 is 0. The van der Waals surface area contributed by atoms with Crippen LogP contribution in [0.2, 0.25) is 0 Å². The summed E-state index contributed by atoms with van der Waals surface area (Å²) in [5, 5.41) is 0. The molecular weight excluding hydrogens is 264 g/mol. The minimum atomic E-state index is -4.55. The average molecular weight is 272 g/mol. The number of alkyl halides is 3. The van der Waals surface area contributed by atoms with E-state index in [0.29, 0.717) is 0 Å². The number of hydrogen-bond donors (Lipinski definition) is 0. The largest absolute Gasteiger partial charge is 0.434 e. The van der Waals surface area contributed by atoms with E-state index in [2.05, 4.69) is 4.98 Å². The van der Waals surface area contributed by atoms with Crippen molar-refractivity contribution < 1.29 is 22.4 Å². The predicted molar refractivity (Wildman–Crippen MR) is 58.0 cm³/mol. The van der Waals surface area contributed by atoms with Crippen molar-refractivity contribution in [2.24, 2.45) is 0 Å².